The van der Waals surface area contributed by atoms with E-state index in [-0.39, 0.29) is 5.91 Å². The number of ether oxygens (including phenoxy) is 3. The van der Waals surface area contributed by atoms with Gasteiger partial charge in [0, 0.05) is 10.6 Å². The Bertz CT molecular complexity index is 882. The van der Waals surface area contributed by atoms with Gasteiger partial charge < -0.3 is 14.2 Å². The quantitative estimate of drug-likeness (QED) is 0.626. The Labute approximate surface area is 163 Å². The number of hydrogen-bond donors (Lipinski definition) is 1. The first kappa shape index (κ1) is 19.0. The molecule has 1 aliphatic heterocycles. The third-order valence-corrected chi connectivity index (χ3v) is 4.34. The van der Waals surface area contributed by atoms with Crippen molar-refractivity contribution in [1.82, 2.24) is 5.43 Å². The standard InChI is InChI=1S/C20H21ClN2O4/c1-12-10-16(21)5-7-17(12)27-14(3)20(24)23-22-13(2)15-4-6-18-19(11-15)26-9-8-25-18/h4-7,10-11,14H,8-9H2,1-3H3,(H,23,24)/b22-13+/t14-/m1/s1. The Morgan fingerprint density at radius 1 is 1.19 bits per heavy atom. The van der Waals surface area contributed by atoms with Gasteiger partial charge in [0.1, 0.15) is 19.0 Å². The smallest absolute Gasteiger partial charge is 0.280 e. The Hall–Kier alpha value is -2.73. The maximum Gasteiger partial charge on any atom is 0.280 e. The number of carbonyl (C=O) groups is 1. The van der Waals surface area contributed by atoms with Crippen LogP contribution in [-0.4, -0.2) is 30.9 Å². The summed E-state index contributed by atoms with van der Waals surface area (Å²) in [6.45, 7) is 6.40. The Balaban J connectivity index is 1.63. The maximum absolute atomic E-state index is 12.3. The van der Waals surface area contributed by atoms with Crippen molar-refractivity contribution in [3.63, 3.8) is 0 Å². The molecule has 0 spiro atoms. The van der Waals surface area contributed by atoms with Crippen molar-refractivity contribution in [3.05, 3.63) is 52.5 Å². The van der Waals surface area contributed by atoms with Crippen LogP contribution in [0.3, 0.4) is 0 Å². The molecule has 142 valence electrons. The predicted molar refractivity (Wildman–Crippen MR) is 104 cm³/mol. The highest BCUT2D eigenvalue weighted by Gasteiger charge is 2.16. The average molecular weight is 389 g/mol. The molecule has 2 aromatic rings. The van der Waals surface area contributed by atoms with Crippen LogP contribution in [0.4, 0.5) is 0 Å². The molecule has 0 unspecified atom stereocenters. The first-order chi connectivity index (χ1) is 12.9. The van der Waals surface area contributed by atoms with Crippen LogP contribution in [0.5, 0.6) is 17.2 Å². The number of amides is 1. The van der Waals surface area contributed by atoms with Crippen LogP contribution in [0.1, 0.15) is 25.0 Å². The van der Waals surface area contributed by atoms with Gasteiger partial charge >= 0.3 is 0 Å². The van der Waals surface area contributed by atoms with Crippen LogP contribution in [-0.2, 0) is 4.79 Å². The summed E-state index contributed by atoms with van der Waals surface area (Å²) < 4.78 is 16.8. The Kier molecular flexibility index (Phi) is 5.86. The highest BCUT2D eigenvalue weighted by Crippen LogP contribution is 2.30. The number of carbonyl (C=O) groups excluding carboxylic acids is 1. The molecule has 1 heterocycles. The first-order valence-corrected chi connectivity index (χ1v) is 8.99. The second kappa shape index (κ2) is 8.31. The lowest BCUT2D eigenvalue weighted by atomic mass is 10.1. The molecule has 1 atom stereocenters. The number of halogens is 1. The largest absolute Gasteiger partial charge is 0.486 e. The van der Waals surface area contributed by atoms with E-state index < -0.39 is 6.10 Å². The molecule has 7 heteroatoms. The third kappa shape index (κ3) is 4.71. The number of rotatable bonds is 5. The molecule has 6 nitrogen and oxygen atoms in total. The third-order valence-electron chi connectivity index (χ3n) is 4.10. The van der Waals surface area contributed by atoms with E-state index >= 15 is 0 Å². The van der Waals surface area contributed by atoms with E-state index in [1.54, 1.807) is 32.0 Å². The molecule has 27 heavy (non-hydrogen) atoms. The molecule has 1 N–H and O–H groups in total. The molecule has 1 amide bonds. The Morgan fingerprint density at radius 2 is 1.93 bits per heavy atom. The molecule has 0 aliphatic carbocycles. The molecule has 0 aromatic heterocycles. The van der Waals surface area contributed by atoms with Gasteiger partial charge in [-0.2, -0.15) is 5.10 Å². The molecular formula is C20H21ClN2O4. The molecule has 0 fully saturated rings. The monoisotopic (exact) mass is 388 g/mol. The van der Waals surface area contributed by atoms with Crippen LogP contribution in [0.25, 0.3) is 0 Å². The highest BCUT2D eigenvalue weighted by molar-refractivity contribution is 6.30. The number of hydrazone groups is 1. The zero-order valence-corrected chi connectivity index (χ0v) is 16.2. The number of fused-ring (bicyclic) bond motifs is 1. The maximum atomic E-state index is 12.3. The van der Waals surface area contributed by atoms with Crippen LogP contribution in [0.15, 0.2) is 41.5 Å². The summed E-state index contributed by atoms with van der Waals surface area (Å²) >= 11 is 5.93. The molecule has 0 saturated carbocycles. The van der Waals surface area contributed by atoms with E-state index in [0.29, 0.717) is 41.2 Å². The van der Waals surface area contributed by atoms with Crippen molar-refractivity contribution in [2.24, 2.45) is 5.10 Å². The predicted octanol–water partition coefficient (Wildman–Crippen LogP) is 3.73. The summed E-state index contributed by atoms with van der Waals surface area (Å²) in [4.78, 5) is 12.3. The van der Waals surface area contributed by atoms with Crippen LogP contribution in [0.2, 0.25) is 5.02 Å². The summed E-state index contributed by atoms with van der Waals surface area (Å²) in [6.07, 6.45) is -0.707. The number of nitrogens with one attached hydrogen (secondary N) is 1. The van der Waals surface area contributed by atoms with Crippen molar-refractivity contribution in [1.29, 1.82) is 0 Å². The van der Waals surface area contributed by atoms with Crippen LogP contribution >= 0.6 is 11.6 Å². The number of hydrogen-bond acceptors (Lipinski definition) is 5. The normalized spacial score (nSPS) is 14.4. The summed E-state index contributed by atoms with van der Waals surface area (Å²) in [5, 5.41) is 4.78. The first-order valence-electron chi connectivity index (χ1n) is 8.61. The van der Waals surface area contributed by atoms with E-state index in [4.69, 9.17) is 25.8 Å². The van der Waals surface area contributed by atoms with Crippen LogP contribution < -0.4 is 19.6 Å². The number of nitrogens with zero attached hydrogens (tertiary/aromatic N) is 1. The summed E-state index contributed by atoms with van der Waals surface area (Å²) in [7, 11) is 0. The van der Waals surface area contributed by atoms with Gasteiger partial charge in [-0.15, -0.1) is 0 Å². The van der Waals surface area contributed by atoms with Crippen molar-refractivity contribution in [2.45, 2.75) is 26.9 Å². The second-order valence-corrected chi connectivity index (χ2v) is 6.64. The van der Waals surface area contributed by atoms with Crippen molar-refractivity contribution < 1.29 is 19.0 Å². The fourth-order valence-corrected chi connectivity index (χ4v) is 2.78. The second-order valence-electron chi connectivity index (χ2n) is 6.20. The molecule has 0 saturated heterocycles. The van der Waals surface area contributed by atoms with E-state index in [1.807, 2.05) is 25.1 Å². The minimum atomic E-state index is -0.707. The van der Waals surface area contributed by atoms with E-state index in [2.05, 4.69) is 10.5 Å². The van der Waals surface area contributed by atoms with Gasteiger partial charge in [0.2, 0.25) is 0 Å². The van der Waals surface area contributed by atoms with E-state index in [9.17, 15) is 4.79 Å². The highest BCUT2D eigenvalue weighted by atomic mass is 35.5. The SMILES string of the molecule is C/C(=N\NC(=O)[C@@H](C)Oc1ccc(Cl)cc1C)c1ccc2c(c1)OCCO2. The van der Waals surface area contributed by atoms with Gasteiger partial charge in [-0.25, -0.2) is 5.43 Å². The van der Waals surface area contributed by atoms with E-state index in [0.717, 1.165) is 11.1 Å². The fourth-order valence-electron chi connectivity index (χ4n) is 2.55. The van der Waals surface area contributed by atoms with Gasteiger partial charge in [0.15, 0.2) is 17.6 Å². The number of aryl methyl sites for hydroxylation is 1. The zero-order chi connectivity index (χ0) is 19.4. The van der Waals surface area contributed by atoms with Gasteiger partial charge in [-0.05, 0) is 62.7 Å². The van der Waals surface area contributed by atoms with Crippen LogP contribution in [0, 0.1) is 6.92 Å². The van der Waals surface area contributed by atoms with E-state index in [1.165, 1.54) is 0 Å². The molecule has 1 aliphatic rings. The lowest BCUT2D eigenvalue weighted by Crippen LogP contribution is -2.34. The lowest BCUT2D eigenvalue weighted by molar-refractivity contribution is -0.127. The molecule has 3 rings (SSSR count). The van der Waals surface area contributed by atoms with Gasteiger partial charge in [-0.3, -0.25) is 4.79 Å². The van der Waals surface area contributed by atoms with Gasteiger partial charge in [0.25, 0.3) is 5.91 Å². The molecule has 0 bridgehead atoms. The fraction of sp³-hybridized carbons (Fsp3) is 0.300. The lowest BCUT2D eigenvalue weighted by Gasteiger charge is -2.19. The average Bonchev–Trinajstić information content (AvgIpc) is 2.67. The Morgan fingerprint density at radius 3 is 2.67 bits per heavy atom. The summed E-state index contributed by atoms with van der Waals surface area (Å²) in [5.41, 5.74) is 4.88. The molecule has 2 aromatic carbocycles. The van der Waals surface area contributed by atoms with Crippen molar-refractivity contribution in [3.8, 4) is 17.2 Å². The minimum Gasteiger partial charge on any atom is -0.486 e. The van der Waals surface area contributed by atoms with Gasteiger partial charge in [0.05, 0.1) is 5.71 Å². The molecule has 0 radical (unpaired) electrons. The van der Waals surface area contributed by atoms with Gasteiger partial charge in [-0.1, -0.05) is 11.6 Å². The topological polar surface area (TPSA) is 69.2 Å². The summed E-state index contributed by atoms with van der Waals surface area (Å²) in [5.74, 6) is 1.65. The minimum absolute atomic E-state index is 0.346. The summed E-state index contributed by atoms with van der Waals surface area (Å²) in [6, 6.07) is 10.8. The zero-order valence-electron chi connectivity index (χ0n) is 15.4. The van der Waals surface area contributed by atoms with Crippen molar-refractivity contribution >= 4 is 23.2 Å². The van der Waals surface area contributed by atoms with Crippen molar-refractivity contribution in [2.75, 3.05) is 13.2 Å². The number of benzene rings is 2. The molecular weight excluding hydrogens is 368 g/mol.